The Labute approximate surface area is 111 Å². The topological polar surface area (TPSA) is 57.6 Å². The van der Waals surface area contributed by atoms with Crippen LogP contribution in [0, 0.1) is 0 Å². The van der Waals surface area contributed by atoms with Gasteiger partial charge in [0.2, 0.25) is 6.41 Å². The van der Waals surface area contributed by atoms with Crippen molar-refractivity contribution in [3.05, 3.63) is 34.9 Å². The zero-order valence-electron chi connectivity index (χ0n) is 10.4. The first-order valence-corrected chi connectivity index (χ1v) is 6.06. The van der Waals surface area contributed by atoms with Crippen LogP contribution >= 0.6 is 11.6 Å². The summed E-state index contributed by atoms with van der Waals surface area (Å²) in [5.74, 6) is -1.06. The van der Waals surface area contributed by atoms with Crippen LogP contribution in [0.5, 0.6) is 0 Å². The largest absolute Gasteiger partial charge is 0.479 e. The van der Waals surface area contributed by atoms with Gasteiger partial charge < -0.3 is 10.0 Å². The second kappa shape index (κ2) is 5.87. The standard InChI is InChI=1S/C13H16ClNO3/c1-3-8-15(9-16)13(2,12(17)18)10-4-6-11(14)7-5-10/h4-7,9H,3,8H2,1-2H3,(H,17,18). The van der Waals surface area contributed by atoms with Crippen molar-refractivity contribution >= 4 is 24.0 Å². The monoisotopic (exact) mass is 269 g/mol. The van der Waals surface area contributed by atoms with E-state index in [4.69, 9.17) is 11.6 Å². The maximum atomic E-state index is 11.5. The number of rotatable bonds is 6. The molecule has 0 aliphatic carbocycles. The Morgan fingerprint density at radius 2 is 2.00 bits per heavy atom. The minimum absolute atomic E-state index is 0.384. The molecule has 1 aromatic carbocycles. The normalized spacial score (nSPS) is 13.7. The summed E-state index contributed by atoms with van der Waals surface area (Å²) in [5.41, 5.74) is -0.845. The highest BCUT2D eigenvalue weighted by molar-refractivity contribution is 6.30. The number of aliphatic carboxylic acids is 1. The third-order valence-electron chi connectivity index (χ3n) is 2.99. The number of amides is 1. The molecule has 4 nitrogen and oxygen atoms in total. The molecule has 1 aromatic rings. The van der Waals surface area contributed by atoms with Crippen LogP contribution in [0.4, 0.5) is 0 Å². The first-order chi connectivity index (χ1) is 8.46. The van der Waals surface area contributed by atoms with Crippen LogP contribution in [-0.4, -0.2) is 28.9 Å². The van der Waals surface area contributed by atoms with E-state index in [1.165, 1.54) is 11.8 Å². The average molecular weight is 270 g/mol. The Bertz CT molecular complexity index is 432. The summed E-state index contributed by atoms with van der Waals surface area (Å²) in [5, 5.41) is 9.98. The summed E-state index contributed by atoms with van der Waals surface area (Å²) in [6, 6.07) is 6.49. The van der Waals surface area contributed by atoms with E-state index in [-0.39, 0.29) is 0 Å². The molecule has 0 saturated carbocycles. The molecule has 1 N–H and O–H groups in total. The molecule has 5 heteroatoms. The van der Waals surface area contributed by atoms with Gasteiger partial charge >= 0.3 is 5.97 Å². The molecule has 0 radical (unpaired) electrons. The van der Waals surface area contributed by atoms with E-state index in [0.717, 1.165) is 0 Å². The van der Waals surface area contributed by atoms with E-state index in [9.17, 15) is 14.7 Å². The Hall–Kier alpha value is -1.55. The number of carboxylic acid groups (broad SMARTS) is 1. The molecule has 98 valence electrons. The molecule has 18 heavy (non-hydrogen) atoms. The lowest BCUT2D eigenvalue weighted by Crippen LogP contribution is -2.49. The molecule has 0 fully saturated rings. The van der Waals surface area contributed by atoms with Crippen molar-refractivity contribution in [2.24, 2.45) is 0 Å². The van der Waals surface area contributed by atoms with Gasteiger partial charge in [-0.3, -0.25) is 4.79 Å². The Balaban J connectivity index is 3.25. The smallest absolute Gasteiger partial charge is 0.334 e. The van der Waals surface area contributed by atoms with Gasteiger partial charge in [-0.25, -0.2) is 4.79 Å². The predicted octanol–water partition coefficient (Wildman–Crippen LogP) is 2.51. The second-order valence-corrected chi connectivity index (χ2v) is 4.62. The zero-order valence-corrected chi connectivity index (χ0v) is 11.1. The highest BCUT2D eigenvalue weighted by Crippen LogP contribution is 2.29. The van der Waals surface area contributed by atoms with Crippen molar-refractivity contribution in [1.29, 1.82) is 0 Å². The number of carbonyl (C=O) groups excluding carboxylic acids is 1. The van der Waals surface area contributed by atoms with Gasteiger partial charge in [0.25, 0.3) is 0 Å². The van der Waals surface area contributed by atoms with Crippen molar-refractivity contribution in [3.63, 3.8) is 0 Å². The van der Waals surface area contributed by atoms with Gasteiger partial charge in [-0.1, -0.05) is 30.7 Å². The first kappa shape index (κ1) is 14.5. The highest BCUT2D eigenvalue weighted by Gasteiger charge is 2.40. The average Bonchev–Trinajstić information content (AvgIpc) is 2.35. The van der Waals surface area contributed by atoms with E-state index in [0.29, 0.717) is 30.0 Å². The maximum Gasteiger partial charge on any atom is 0.334 e. The second-order valence-electron chi connectivity index (χ2n) is 4.18. The van der Waals surface area contributed by atoms with Crippen LogP contribution in [0.1, 0.15) is 25.8 Å². The lowest BCUT2D eigenvalue weighted by Gasteiger charge is -2.35. The molecule has 0 aliphatic rings. The van der Waals surface area contributed by atoms with Gasteiger partial charge in [0, 0.05) is 11.6 Å². The number of halogens is 1. The lowest BCUT2D eigenvalue weighted by atomic mass is 9.90. The molecular weight excluding hydrogens is 254 g/mol. The fraction of sp³-hybridized carbons (Fsp3) is 0.385. The minimum atomic E-state index is -1.37. The highest BCUT2D eigenvalue weighted by atomic mass is 35.5. The predicted molar refractivity (Wildman–Crippen MR) is 69.5 cm³/mol. The molecule has 0 bridgehead atoms. The number of hydrogen-bond donors (Lipinski definition) is 1. The van der Waals surface area contributed by atoms with Crippen LogP contribution in [0.3, 0.4) is 0 Å². The van der Waals surface area contributed by atoms with Gasteiger partial charge in [0.15, 0.2) is 5.54 Å². The minimum Gasteiger partial charge on any atom is -0.479 e. The Morgan fingerprint density at radius 1 is 1.44 bits per heavy atom. The first-order valence-electron chi connectivity index (χ1n) is 5.68. The van der Waals surface area contributed by atoms with Gasteiger partial charge in [-0.2, -0.15) is 0 Å². The van der Waals surface area contributed by atoms with Gasteiger partial charge in [-0.15, -0.1) is 0 Å². The van der Waals surface area contributed by atoms with E-state index in [1.54, 1.807) is 24.3 Å². The van der Waals surface area contributed by atoms with Crippen LogP contribution in [0.25, 0.3) is 0 Å². The summed E-state index contributed by atoms with van der Waals surface area (Å²) in [6.07, 6.45) is 1.27. The fourth-order valence-corrected chi connectivity index (χ4v) is 1.94. The fourth-order valence-electron chi connectivity index (χ4n) is 1.81. The van der Waals surface area contributed by atoms with Gasteiger partial charge in [0.05, 0.1) is 0 Å². The third kappa shape index (κ3) is 2.64. The van der Waals surface area contributed by atoms with E-state index >= 15 is 0 Å². The molecule has 1 atom stereocenters. The van der Waals surface area contributed by atoms with Crippen molar-refractivity contribution in [1.82, 2.24) is 4.90 Å². The quantitative estimate of drug-likeness (QED) is 0.808. The van der Waals surface area contributed by atoms with Crippen molar-refractivity contribution < 1.29 is 14.7 Å². The summed E-state index contributed by atoms with van der Waals surface area (Å²) < 4.78 is 0. The van der Waals surface area contributed by atoms with E-state index in [2.05, 4.69) is 0 Å². The summed E-state index contributed by atoms with van der Waals surface area (Å²) in [6.45, 7) is 3.79. The maximum absolute atomic E-state index is 11.5. The summed E-state index contributed by atoms with van der Waals surface area (Å²) in [4.78, 5) is 24.0. The number of carboxylic acids is 1. The number of hydrogen-bond acceptors (Lipinski definition) is 2. The van der Waals surface area contributed by atoms with E-state index in [1.807, 2.05) is 6.92 Å². The number of nitrogens with zero attached hydrogens (tertiary/aromatic N) is 1. The van der Waals surface area contributed by atoms with Crippen molar-refractivity contribution in [3.8, 4) is 0 Å². The molecule has 0 aromatic heterocycles. The Kier molecular flexibility index (Phi) is 4.73. The third-order valence-corrected chi connectivity index (χ3v) is 3.24. The van der Waals surface area contributed by atoms with Crippen LogP contribution in [-0.2, 0) is 15.1 Å². The van der Waals surface area contributed by atoms with Crippen LogP contribution in [0.15, 0.2) is 24.3 Å². The van der Waals surface area contributed by atoms with Gasteiger partial charge in [-0.05, 0) is 31.0 Å². The molecular formula is C13H16ClNO3. The summed E-state index contributed by atoms with van der Waals surface area (Å²) >= 11 is 5.79. The van der Waals surface area contributed by atoms with E-state index < -0.39 is 11.5 Å². The molecule has 1 rings (SSSR count). The summed E-state index contributed by atoms with van der Waals surface area (Å²) in [7, 11) is 0. The number of carbonyl (C=O) groups is 2. The Morgan fingerprint density at radius 3 is 2.39 bits per heavy atom. The molecule has 0 aliphatic heterocycles. The molecule has 1 amide bonds. The van der Waals surface area contributed by atoms with Crippen molar-refractivity contribution in [2.45, 2.75) is 25.8 Å². The van der Waals surface area contributed by atoms with Crippen molar-refractivity contribution in [2.75, 3.05) is 6.54 Å². The SMILES string of the molecule is CCCN(C=O)C(C)(C(=O)O)c1ccc(Cl)cc1. The lowest BCUT2D eigenvalue weighted by molar-refractivity contribution is -0.154. The molecule has 0 heterocycles. The molecule has 0 saturated heterocycles. The van der Waals surface area contributed by atoms with Gasteiger partial charge in [0.1, 0.15) is 0 Å². The number of benzene rings is 1. The molecule has 0 spiro atoms. The zero-order chi connectivity index (χ0) is 13.8. The molecule has 1 unspecified atom stereocenters. The van der Waals surface area contributed by atoms with Crippen LogP contribution in [0.2, 0.25) is 5.02 Å². The van der Waals surface area contributed by atoms with Crippen LogP contribution < -0.4 is 0 Å².